The summed E-state index contributed by atoms with van der Waals surface area (Å²) < 4.78 is 28.5. The second-order valence-electron chi connectivity index (χ2n) is 5.52. The Labute approximate surface area is 141 Å². The zero-order valence-electron chi connectivity index (χ0n) is 13.0. The molecule has 1 aliphatic heterocycles. The van der Waals surface area contributed by atoms with Crippen molar-refractivity contribution in [3.05, 3.63) is 24.2 Å². The number of carboxylic acid groups (broad SMARTS) is 1. The number of rotatable bonds is 5. The second kappa shape index (κ2) is 7.28. The first-order valence-corrected chi connectivity index (χ1v) is 7.58. The van der Waals surface area contributed by atoms with Crippen molar-refractivity contribution >= 4 is 17.7 Å². The monoisotopic (exact) mass is 354 g/mol. The molecule has 1 amide bonds. The zero-order chi connectivity index (χ0) is 17.8. The fourth-order valence-corrected chi connectivity index (χ4v) is 2.69. The first kappa shape index (κ1) is 16.9. The normalized spacial score (nSPS) is 17.6. The third kappa shape index (κ3) is 4.31. The average molecular weight is 354 g/mol. The Morgan fingerprint density at radius 3 is 3.08 bits per heavy atom. The van der Waals surface area contributed by atoms with Crippen molar-refractivity contribution in [2.45, 2.75) is 25.4 Å². The van der Waals surface area contributed by atoms with Crippen LogP contribution in [0.25, 0.3) is 0 Å². The highest BCUT2D eigenvalue weighted by Crippen LogP contribution is 2.26. The lowest BCUT2D eigenvalue weighted by atomic mass is 9.95. The molecule has 0 unspecified atom stereocenters. The number of nitrogens with zero attached hydrogens (tertiary/aromatic N) is 4. The number of halogens is 2. The van der Waals surface area contributed by atoms with Gasteiger partial charge in [-0.15, -0.1) is 5.10 Å². The number of likely N-dealkylation sites (tertiary alicyclic amines) is 1. The van der Waals surface area contributed by atoms with Crippen molar-refractivity contribution in [3.8, 4) is 5.88 Å². The average Bonchev–Trinajstić information content (AvgIpc) is 3.01. The maximum absolute atomic E-state index is 12.1. The van der Waals surface area contributed by atoms with Gasteiger partial charge in [-0.3, -0.25) is 10.1 Å². The lowest BCUT2D eigenvalue weighted by Gasteiger charge is -2.30. The van der Waals surface area contributed by atoms with E-state index >= 15 is 0 Å². The minimum atomic E-state index is -2.96. The number of piperidine rings is 1. The number of alkyl halides is 2. The minimum absolute atomic E-state index is 0.0430. The van der Waals surface area contributed by atoms with Crippen LogP contribution >= 0.6 is 0 Å². The molecule has 0 aliphatic carbocycles. The molecule has 3 rings (SSSR count). The Bertz CT molecular complexity index is 741. The van der Waals surface area contributed by atoms with Gasteiger partial charge in [-0.2, -0.15) is 8.78 Å². The van der Waals surface area contributed by atoms with Crippen LogP contribution in [0.1, 0.15) is 24.5 Å². The molecule has 134 valence electrons. The Kier molecular flexibility index (Phi) is 4.91. The van der Waals surface area contributed by atoms with E-state index in [4.69, 9.17) is 5.11 Å². The molecule has 0 spiro atoms. The van der Waals surface area contributed by atoms with Crippen LogP contribution in [0.5, 0.6) is 5.88 Å². The van der Waals surface area contributed by atoms with E-state index in [0.717, 1.165) is 12.8 Å². The molecule has 25 heavy (non-hydrogen) atoms. The predicted octanol–water partition coefficient (Wildman–Crippen LogP) is 2.40. The molecule has 0 aromatic carbocycles. The van der Waals surface area contributed by atoms with E-state index in [0.29, 0.717) is 30.4 Å². The number of H-pyrrole nitrogens is 1. The van der Waals surface area contributed by atoms with Crippen molar-refractivity contribution in [2.75, 3.05) is 18.4 Å². The molecule has 1 atom stereocenters. The first-order valence-electron chi connectivity index (χ1n) is 7.58. The van der Waals surface area contributed by atoms with Gasteiger partial charge in [0.05, 0.1) is 11.9 Å². The summed E-state index contributed by atoms with van der Waals surface area (Å²) in [6, 6.07) is 1.27. The van der Waals surface area contributed by atoms with E-state index in [1.807, 2.05) is 0 Å². The quantitative estimate of drug-likeness (QED) is 0.755. The van der Waals surface area contributed by atoms with E-state index in [2.05, 4.69) is 30.2 Å². The molecular formula is C14H16F2N6O3. The fourth-order valence-electron chi connectivity index (χ4n) is 2.69. The van der Waals surface area contributed by atoms with Crippen LogP contribution in [0.15, 0.2) is 18.5 Å². The molecule has 11 heteroatoms. The molecule has 2 aromatic heterocycles. The number of carbonyl (C=O) groups is 1. The van der Waals surface area contributed by atoms with Gasteiger partial charge in [0.15, 0.2) is 0 Å². The van der Waals surface area contributed by atoms with Crippen LogP contribution in [0, 0.1) is 0 Å². The zero-order valence-corrected chi connectivity index (χ0v) is 13.0. The predicted molar refractivity (Wildman–Crippen MR) is 82.1 cm³/mol. The number of aromatic amines is 1. The Balaban J connectivity index is 1.69. The third-order valence-corrected chi connectivity index (χ3v) is 3.79. The lowest BCUT2D eigenvalue weighted by molar-refractivity contribution is -0.0528. The number of nitrogens with one attached hydrogen (secondary N) is 2. The van der Waals surface area contributed by atoms with Gasteiger partial charge < -0.3 is 20.1 Å². The van der Waals surface area contributed by atoms with E-state index < -0.39 is 12.7 Å². The van der Waals surface area contributed by atoms with E-state index in [9.17, 15) is 13.6 Å². The molecule has 2 aromatic rings. The smallest absolute Gasteiger partial charge is 0.407 e. The molecule has 1 fully saturated rings. The topological polar surface area (TPSA) is 116 Å². The Hall–Kier alpha value is -2.98. The van der Waals surface area contributed by atoms with Crippen LogP contribution in [-0.4, -0.2) is 56.0 Å². The van der Waals surface area contributed by atoms with Crippen molar-refractivity contribution in [2.24, 2.45) is 0 Å². The molecule has 3 heterocycles. The fraction of sp³-hybridized carbons (Fsp3) is 0.429. The van der Waals surface area contributed by atoms with E-state index in [-0.39, 0.29) is 11.8 Å². The third-order valence-electron chi connectivity index (χ3n) is 3.79. The van der Waals surface area contributed by atoms with Gasteiger partial charge in [0.2, 0.25) is 5.88 Å². The highest BCUT2D eigenvalue weighted by Gasteiger charge is 2.25. The Morgan fingerprint density at radius 1 is 1.48 bits per heavy atom. The van der Waals surface area contributed by atoms with Gasteiger partial charge in [0.1, 0.15) is 11.6 Å². The van der Waals surface area contributed by atoms with Gasteiger partial charge in [-0.1, -0.05) is 0 Å². The molecule has 9 nitrogen and oxygen atoms in total. The van der Waals surface area contributed by atoms with Crippen molar-refractivity contribution < 1.29 is 23.4 Å². The van der Waals surface area contributed by atoms with Gasteiger partial charge in [-0.05, 0) is 12.8 Å². The standard InChI is InChI=1S/C14H16F2N6O3/c15-13(16)25-12-4-10(20-21-12)19-11-6-17-5-9(18-11)8-2-1-3-22(7-8)14(23)24/h4-6,8,13H,1-3,7H2,(H,23,24)(H2,18,19,20,21)/t8-/m0/s1. The molecule has 3 N–H and O–H groups in total. The summed E-state index contributed by atoms with van der Waals surface area (Å²) >= 11 is 0. The van der Waals surface area contributed by atoms with Crippen LogP contribution in [0.3, 0.4) is 0 Å². The SMILES string of the molecule is O=C(O)N1CCC[C@H](c2cncc(Nc3cc(OC(F)F)n[nH]3)n2)C1. The maximum Gasteiger partial charge on any atom is 0.407 e. The van der Waals surface area contributed by atoms with Crippen LogP contribution in [-0.2, 0) is 0 Å². The molecule has 1 saturated heterocycles. The van der Waals surface area contributed by atoms with E-state index in [1.165, 1.54) is 17.2 Å². The first-order chi connectivity index (χ1) is 12.0. The molecule has 0 radical (unpaired) electrons. The Morgan fingerprint density at radius 2 is 2.32 bits per heavy atom. The van der Waals surface area contributed by atoms with E-state index in [1.54, 1.807) is 6.20 Å². The highest BCUT2D eigenvalue weighted by molar-refractivity contribution is 5.65. The second-order valence-corrected chi connectivity index (χ2v) is 5.52. The molecule has 0 bridgehead atoms. The number of aromatic nitrogens is 4. The van der Waals surface area contributed by atoms with Gasteiger partial charge in [0.25, 0.3) is 0 Å². The number of anilines is 2. The van der Waals surface area contributed by atoms with Crippen LogP contribution in [0.4, 0.5) is 25.2 Å². The number of hydrogen-bond acceptors (Lipinski definition) is 6. The minimum Gasteiger partial charge on any atom is -0.465 e. The summed E-state index contributed by atoms with van der Waals surface area (Å²) in [7, 11) is 0. The molecule has 1 aliphatic rings. The summed E-state index contributed by atoms with van der Waals surface area (Å²) in [5, 5.41) is 18.1. The van der Waals surface area contributed by atoms with Crippen LogP contribution < -0.4 is 10.1 Å². The van der Waals surface area contributed by atoms with Gasteiger partial charge >= 0.3 is 12.7 Å². The summed E-state index contributed by atoms with van der Waals surface area (Å²) in [5.74, 6) is 0.416. The summed E-state index contributed by atoms with van der Waals surface area (Å²) in [6.45, 7) is -2.08. The van der Waals surface area contributed by atoms with Crippen molar-refractivity contribution in [1.29, 1.82) is 0 Å². The summed E-state index contributed by atoms with van der Waals surface area (Å²) in [5.41, 5.74) is 0.666. The highest BCUT2D eigenvalue weighted by atomic mass is 19.3. The van der Waals surface area contributed by atoms with Crippen LogP contribution in [0.2, 0.25) is 0 Å². The number of hydrogen-bond donors (Lipinski definition) is 3. The molecule has 0 saturated carbocycles. The van der Waals surface area contributed by atoms with Crippen molar-refractivity contribution in [1.82, 2.24) is 25.1 Å². The molecular weight excluding hydrogens is 338 g/mol. The largest absolute Gasteiger partial charge is 0.465 e. The lowest BCUT2D eigenvalue weighted by Crippen LogP contribution is -2.38. The van der Waals surface area contributed by atoms with Gasteiger partial charge in [0, 0.05) is 31.3 Å². The summed E-state index contributed by atoms with van der Waals surface area (Å²) in [4.78, 5) is 21.0. The van der Waals surface area contributed by atoms with Crippen molar-refractivity contribution in [3.63, 3.8) is 0 Å². The number of ether oxygens (including phenoxy) is 1. The number of amides is 1. The maximum atomic E-state index is 12.1. The summed E-state index contributed by atoms with van der Waals surface area (Å²) in [6.07, 6.45) is 3.69. The van der Waals surface area contributed by atoms with Gasteiger partial charge in [-0.25, -0.2) is 9.78 Å².